The van der Waals surface area contributed by atoms with Crippen molar-refractivity contribution in [2.45, 2.75) is 50.5 Å². The molecule has 2 fully saturated rings. The average Bonchev–Trinajstić information content (AvgIpc) is 3.10. The highest BCUT2D eigenvalue weighted by Crippen LogP contribution is 2.49. The van der Waals surface area contributed by atoms with Crippen LogP contribution in [0.5, 0.6) is 0 Å². The first-order valence-corrected chi connectivity index (χ1v) is 8.95. The van der Waals surface area contributed by atoms with E-state index in [0.29, 0.717) is 0 Å². The fourth-order valence-corrected chi connectivity index (χ4v) is 5.36. The summed E-state index contributed by atoms with van der Waals surface area (Å²) in [6.45, 7) is 3.56. The van der Waals surface area contributed by atoms with E-state index in [-0.39, 0.29) is 5.54 Å². The molecule has 4 rings (SSSR count). The van der Waals surface area contributed by atoms with Gasteiger partial charge in [-0.25, -0.2) is 0 Å². The van der Waals surface area contributed by atoms with Crippen LogP contribution >= 0.6 is 0 Å². The topological polar surface area (TPSA) is 24.1 Å². The Morgan fingerprint density at radius 1 is 0.857 bits per heavy atom. The third-order valence-electron chi connectivity index (χ3n) is 6.26. The summed E-state index contributed by atoms with van der Waals surface area (Å²) >= 11 is 0. The van der Waals surface area contributed by atoms with Gasteiger partial charge in [-0.1, -0.05) is 37.1 Å². The van der Waals surface area contributed by atoms with E-state index >= 15 is 0 Å². The molecule has 0 bridgehead atoms. The van der Waals surface area contributed by atoms with Crippen LogP contribution in [0.15, 0.2) is 24.3 Å². The Kier molecular flexibility index (Phi) is 3.76. The molecule has 1 saturated heterocycles. The fraction of sp³-hybridized carbons (Fsp3) is 0.684. The van der Waals surface area contributed by atoms with Crippen LogP contribution in [0.2, 0.25) is 0 Å². The summed E-state index contributed by atoms with van der Waals surface area (Å²) in [5.41, 5.74) is 3.53. The second-order valence-electron chi connectivity index (χ2n) is 7.21. The molecule has 1 aromatic rings. The molecule has 2 nitrogen and oxygen atoms in total. The van der Waals surface area contributed by atoms with Gasteiger partial charge in [-0.05, 0) is 68.2 Å². The van der Waals surface area contributed by atoms with Crippen LogP contribution in [0.25, 0.3) is 0 Å². The highest BCUT2D eigenvalue weighted by atomic mass is 15.0. The highest BCUT2D eigenvalue weighted by Gasteiger charge is 2.49. The van der Waals surface area contributed by atoms with Crippen LogP contribution in [0.4, 0.5) is 0 Å². The van der Waals surface area contributed by atoms with E-state index in [1.165, 1.54) is 58.0 Å². The first-order valence-electron chi connectivity index (χ1n) is 8.95. The molecular weight excluding hydrogens is 256 g/mol. The number of nitrogens with one attached hydrogen (secondary N) is 2. The summed E-state index contributed by atoms with van der Waals surface area (Å²) in [7, 11) is 0. The van der Waals surface area contributed by atoms with Crippen molar-refractivity contribution in [1.29, 1.82) is 0 Å². The Hall–Kier alpha value is -0.860. The molecule has 3 aliphatic rings. The molecule has 0 spiro atoms. The summed E-state index contributed by atoms with van der Waals surface area (Å²) < 4.78 is 0. The molecule has 114 valence electrons. The monoisotopic (exact) mass is 284 g/mol. The largest absolute Gasteiger partial charge is 0.317 e. The van der Waals surface area contributed by atoms with E-state index in [1.54, 1.807) is 11.1 Å². The zero-order valence-corrected chi connectivity index (χ0v) is 13.0. The van der Waals surface area contributed by atoms with Crippen molar-refractivity contribution < 1.29 is 0 Å². The molecule has 0 aromatic heterocycles. The maximum Gasteiger partial charge on any atom is 0.0495 e. The SMILES string of the molecule is c1ccc2c(c1)CCNC2(C1CCCC1)C1CCNCC1. The molecule has 2 heteroatoms. The van der Waals surface area contributed by atoms with E-state index < -0.39 is 0 Å². The lowest BCUT2D eigenvalue weighted by Gasteiger charge is -2.51. The van der Waals surface area contributed by atoms with Crippen molar-refractivity contribution in [2.24, 2.45) is 11.8 Å². The van der Waals surface area contributed by atoms with Crippen LogP contribution < -0.4 is 10.6 Å². The van der Waals surface area contributed by atoms with Gasteiger partial charge in [-0.2, -0.15) is 0 Å². The van der Waals surface area contributed by atoms with Gasteiger partial charge in [0, 0.05) is 12.1 Å². The predicted octanol–water partition coefficient (Wildman–Crippen LogP) is 3.22. The molecule has 1 atom stereocenters. The molecule has 1 saturated carbocycles. The van der Waals surface area contributed by atoms with Gasteiger partial charge in [-0.15, -0.1) is 0 Å². The van der Waals surface area contributed by atoms with E-state index in [1.807, 2.05) is 0 Å². The lowest BCUT2D eigenvalue weighted by atomic mass is 9.63. The molecule has 0 radical (unpaired) electrons. The van der Waals surface area contributed by atoms with Gasteiger partial charge in [0.05, 0.1) is 0 Å². The van der Waals surface area contributed by atoms with Crippen molar-refractivity contribution >= 4 is 0 Å². The van der Waals surface area contributed by atoms with Crippen LogP contribution in [-0.2, 0) is 12.0 Å². The van der Waals surface area contributed by atoms with Gasteiger partial charge in [0.15, 0.2) is 0 Å². The molecular formula is C19H28N2. The smallest absolute Gasteiger partial charge is 0.0495 e. The standard InChI is InChI=1S/C19H28N2/c1-4-8-18-15(5-1)9-14-21-19(18,16-6-2-3-7-16)17-10-12-20-13-11-17/h1,4-5,8,16-17,20-21H,2-3,6-7,9-14H2. The normalized spacial score (nSPS) is 31.2. The Labute approximate surface area is 128 Å². The molecule has 2 N–H and O–H groups in total. The van der Waals surface area contributed by atoms with Gasteiger partial charge in [0.2, 0.25) is 0 Å². The number of benzene rings is 1. The van der Waals surface area contributed by atoms with Gasteiger partial charge in [-0.3, -0.25) is 0 Å². The summed E-state index contributed by atoms with van der Waals surface area (Å²) in [4.78, 5) is 0. The molecule has 21 heavy (non-hydrogen) atoms. The molecule has 1 aromatic carbocycles. The van der Waals surface area contributed by atoms with Crippen molar-refractivity contribution in [3.8, 4) is 0 Å². The molecule has 2 heterocycles. The predicted molar refractivity (Wildman–Crippen MR) is 87.4 cm³/mol. The Balaban J connectivity index is 1.80. The van der Waals surface area contributed by atoms with E-state index in [2.05, 4.69) is 34.9 Å². The minimum absolute atomic E-state index is 0.271. The summed E-state index contributed by atoms with van der Waals surface area (Å²) in [5.74, 6) is 1.66. The Bertz CT molecular complexity index is 486. The Morgan fingerprint density at radius 3 is 2.38 bits per heavy atom. The van der Waals surface area contributed by atoms with Gasteiger partial charge < -0.3 is 10.6 Å². The molecule has 2 aliphatic heterocycles. The minimum atomic E-state index is 0.271. The van der Waals surface area contributed by atoms with Crippen LogP contribution in [0.1, 0.15) is 49.7 Å². The first-order chi connectivity index (χ1) is 10.4. The molecule has 0 amide bonds. The minimum Gasteiger partial charge on any atom is -0.317 e. The zero-order chi connectivity index (χ0) is 14.1. The molecule has 1 aliphatic carbocycles. The highest BCUT2D eigenvalue weighted by molar-refractivity contribution is 5.38. The van der Waals surface area contributed by atoms with Crippen molar-refractivity contribution in [3.05, 3.63) is 35.4 Å². The third kappa shape index (κ3) is 2.24. The summed E-state index contributed by atoms with van der Waals surface area (Å²) in [5, 5.41) is 7.63. The number of hydrogen-bond acceptors (Lipinski definition) is 2. The summed E-state index contributed by atoms with van der Waals surface area (Å²) in [6, 6.07) is 9.30. The van der Waals surface area contributed by atoms with Crippen LogP contribution in [-0.4, -0.2) is 19.6 Å². The van der Waals surface area contributed by atoms with Crippen LogP contribution in [0, 0.1) is 11.8 Å². The second kappa shape index (κ2) is 5.73. The fourth-order valence-electron chi connectivity index (χ4n) is 5.36. The number of hydrogen-bond donors (Lipinski definition) is 2. The first kappa shape index (κ1) is 13.8. The van der Waals surface area contributed by atoms with E-state index in [4.69, 9.17) is 0 Å². The number of rotatable bonds is 2. The molecule has 1 unspecified atom stereocenters. The number of piperidine rings is 1. The van der Waals surface area contributed by atoms with Crippen LogP contribution in [0.3, 0.4) is 0 Å². The lowest BCUT2D eigenvalue weighted by molar-refractivity contribution is 0.0891. The van der Waals surface area contributed by atoms with Crippen molar-refractivity contribution in [2.75, 3.05) is 19.6 Å². The number of fused-ring (bicyclic) bond motifs is 1. The zero-order valence-electron chi connectivity index (χ0n) is 13.0. The maximum absolute atomic E-state index is 4.07. The quantitative estimate of drug-likeness (QED) is 0.871. The Morgan fingerprint density at radius 2 is 1.57 bits per heavy atom. The van der Waals surface area contributed by atoms with Gasteiger partial charge in [0.25, 0.3) is 0 Å². The van der Waals surface area contributed by atoms with Gasteiger partial charge >= 0.3 is 0 Å². The lowest BCUT2D eigenvalue weighted by Crippen LogP contribution is -2.58. The van der Waals surface area contributed by atoms with Crippen molar-refractivity contribution in [3.63, 3.8) is 0 Å². The van der Waals surface area contributed by atoms with E-state index in [0.717, 1.165) is 18.4 Å². The average molecular weight is 284 g/mol. The maximum atomic E-state index is 4.07. The summed E-state index contributed by atoms with van der Waals surface area (Å²) in [6.07, 6.45) is 9.57. The van der Waals surface area contributed by atoms with Crippen molar-refractivity contribution in [1.82, 2.24) is 10.6 Å². The van der Waals surface area contributed by atoms with Gasteiger partial charge in [0.1, 0.15) is 0 Å². The third-order valence-corrected chi connectivity index (χ3v) is 6.26. The van der Waals surface area contributed by atoms with E-state index in [9.17, 15) is 0 Å². The second-order valence-corrected chi connectivity index (χ2v) is 7.21.